The van der Waals surface area contributed by atoms with Crippen LogP contribution < -0.4 is 4.74 Å². The minimum absolute atomic E-state index is 0.430. The monoisotopic (exact) mass is 214 g/mol. The number of aromatic amines is 1. The molecule has 0 aliphatic carbocycles. The maximum atomic E-state index is 8.84. The van der Waals surface area contributed by atoms with Gasteiger partial charge in [0.05, 0.1) is 25.1 Å². The van der Waals surface area contributed by atoms with E-state index in [1.54, 1.807) is 7.11 Å². The molecule has 0 aliphatic heterocycles. The van der Waals surface area contributed by atoms with E-state index in [1.165, 1.54) is 5.56 Å². The maximum absolute atomic E-state index is 8.84. The third-order valence-corrected chi connectivity index (χ3v) is 2.92. The van der Waals surface area contributed by atoms with Gasteiger partial charge in [-0.3, -0.25) is 0 Å². The first-order valence-electron chi connectivity index (χ1n) is 5.20. The fourth-order valence-corrected chi connectivity index (χ4v) is 2.12. The Morgan fingerprint density at radius 1 is 1.38 bits per heavy atom. The summed E-state index contributed by atoms with van der Waals surface area (Å²) in [5, 5.41) is 9.97. The van der Waals surface area contributed by atoms with Crippen molar-refractivity contribution in [2.45, 2.75) is 20.3 Å². The normalized spacial score (nSPS) is 10.4. The summed E-state index contributed by atoms with van der Waals surface area (Å²) in [4.78, 5) is 3.30. The highest BCUT2D eigenvalue weighted by Gasteiger charge is 2.13. The number of methoxy groups -OCH3 is 1. The van der Waals surface area contributed by atoms with Crippen LogP contribution in [0.25, 0.3) is 10.9 Å². The van der Waals surface area contributed by atoms with Gasteiger partial charge in [0.25, 0.3) is 0 Å². The molecule has 1 heterocycles. The van der Waals surface area contributed by atoms with Crippen molar-refractivity contribution in [3.63, 3.8) is 0 Å². The molecule has 3 heteroatoms. The molecule has 0 saturated carbocycles. The van der Waals surface area contributed by atoms with E-state index in [-0.39, 0.29) is 0 Å². The number of nitriles is 1. The first kappa shape index (κ1) is 10.6. The van der Waals surface area contributed by atoms with Crippen LogP contribution in [-0.4, -0.2) is 12.1 Å². The van der Waals surface area contributed by atoms with Gasteiger partial charge in [0.1, 0.15) is 5.75 Å². The van der Waals surface area contributed by atoms with Gasteiger partial charge in [-0.1, -0.05) is 6.07 Å². The van der Waals surface area contributed by atoms with Crippen LogP contribution in [0.5, 0.6) is 5.75 Å². The lowest BCUT2D eigenvalue weighted by molar-refractivity contribution is 0.419. The van der Waals surface area contributed by atoms with E-state index in [0.29, 0.717) is 6.42 Å². The molecule has 1 aromatic heterocycles. The molecule has 0 unspecified atom stereocenters. The van der Waals surface area contributed by atoms with E-state index < -0.39 is 0 Å². The average Bonchev–Trinajstić information content (AvgIpc) is 2.58. The number of aryl methyl sites for hydroxylation is 2. The molecule has 0 aliphatic rings. The molecular formula is C13H14N2O. The van der Waals surface area contributed by atoms with E-state index in [4.69, 9.17) is 10.00 Å². The van der Waals surface area contributed by atoms with Crippen LogP contribution in [0.1, 0.15) is 16.8 Å². The zero-order valence-electron chi connectivity index (χ0n) is 9.72. The Labute approximate surface area is 94.7 Å². The second-order valence-corrected chi connectivity index (χ2v) is 3.90. The van der Waals surface area contributed by atoms with E-state index >= 15 is 0 Å². The predicted octanol–water partition coefficient (Wildman–Crippen LogP) is 2.86. The SMILES string of the molecule is COc1ccc(C)c2c(CC#N)c(C)[nH]c12. The molecule has 3 nitrogen and oxygen atoms in total. The molecule has 0 radical (unpaired) electrons. The lowest BCUT2D eigenvalue weighted by Gasteiger charge is -2.04. The first-order chi connectivity index (χ1) is 7.69. The molecule has 1 aromatic carbocycles. The second-order valence-electron chi connectivity index (χ2n) is 3.90. The molecule has 0 bridgehead atoms. The van der Waals surface area contributed by atoms with Crippen LogP contribution in [0.2, 0.25) is 0 Å². The van der Waals surface area contributed by atoms with Crippen molar-refractivity contribution in [3.8, 4) is 11.8 Å². The van der Waals surface area contributed by atoms with Crippen molar-refractivity contribution in [2.24, 2.45) is 0 Å². The zero-order valence-corrected chi connectivity index (χ0v) is 9.72. The van der Waals surface area contributed by atoms with Crippen molar-refractivity contribution >= 4 is 10.9 Å². The summed E-state index contributed by atoms with van der Waals surface area (Å²) in [7, 11) is 1.66. The molecule has 0 amide bonds. The molecular weight excluding hydrogens is 200 g/mol. The van der Waals surface area contributed by atoms with Crippen molar-refractivity contribution in [2.75, 3.05) is 7.11 Å². The molecule has 0 atom stereocenters. The molecule has 1 N–H and O–H groups in total. The van der Waals surface area contributed by atoms with Gasteiger partial charge >= 0.3 is 0 Å². The predicted molar refractivity (Wildman–Crippen MR) is 63.6 cm³/mol. The Morgan fingerprint density at radius 2 is 2.12 bits per heavy atom. The number of ether oxygens (including phenoxy) is 1. The van der Waals surface area contributed by atoms with E-state index in [2.05, 4.69) is 18.0 Å². The van der Waals surface area contributed by atoms with Crippen LogP contribution in [0.15, 0.2) is 12.1 Å². The Kier molecular flexibility index (Phi) is 2.57. The Bertz CT molecular complexity index is 576. The summed E-state index contributed by atoms with van der Waals surface area (Å²) in [6.45, 7) is 4.04. The summed E-state index contributed by atoms with van der Waals surface area (Å²) < 4.78 is 5.31. The van der Waals surface area contributed by atoms with Gasteiger partial charge in [0.2, 0.25) is 0 Å². The number of hydrogen-bond donors (Lipinski definition) is 1. The lowest BCUT2D eigenvalue weighted by Crippen LogP contribution is -1.87. The van der Waals surface area contributed by atoms with Crippen LogP contribution in [0.4, 0.5) is 0 Å². The number of aromatic nitrogens is 1. The topological polar surface area (TPSA) is 48.8 Å². The highest BCUT2D eigenvalue weighted by atomic mass is 16.5. The first-order valence-corrected chi connectivity index (χ1v) is 5.20. The van der Waals surface area contributed by atoms with Crippen LogP contribution in [0, 0.1) is 25.2 Å². The quantitative estimate of drug-likeness (QED) is 0.835. The fourth-order valence-electron chi connectivity index (χ4n) is 2.12. The van der Waals surface area contributed by atoms with Gasteiger partial charge in [-0.2, -0.15) is 5.26 Å². The smallest absolute Gasteiger partial charge is 0.142 e. The van der Waals surface area contributed by atoms with E-state index in [9.17, 15) is 0 Å². The standard InChI is InChI=1S/C13H14N2O/c1-8-4-5-11(16-3)13-12(8)10(6-7-14)9(2)15-13/h4-5,15H,6H2,1-3H3. The van der Waals surface area contributed by atoms with Gasteiger partial charge in [-0.15, -0.1) is 0 Å². The Balaban J connectivity index is 2.83. The van der Waals surface area contributed by atoms with Gasteiger partial charge in [-0.05, 0) is 31.0 Å². The number of rotatable bonds is 2. The van der Waals surface area contributed by atoms with Crippen molar-refractivity contribution < 1.29 is 4.74 Å². The third kappa shape index (κ3) is 1.43. The van der Waals surface area contributed by atoms with Gasteiger partial charge < -0.3 is 9.72 Å². The summed E-state index contributed by atoms with van der Waals surface area (Å²) >= 11 is 0. The van der Waals surface area contributed by atoms with Crippen molar-refractivity contribution in [3.05, 3.63) is 29.0 Å². The van der Waals surface area contributed by atoms with E-state index in [1.807, 2.05) is 19.1 Å². The molecule has 0 saturated heterocycles. The molecule has 0 fully saturated rings. The molecule has 2 aromatic rings. The van der Waals surface area contributed by atoms with Gasteiger partial charge in [-0.25, -0.2) is 0 Å². The number of hydrogen-bond acceptors (Lipinski definition) is 2. The minimum Gasteiger partial charge on any atom is -0.495 e. The third-order valence-electron chi connectivity index (χ3n) is 2.92. The largest absolute Gasteiger partial charge is 0.495 e. The number of benzene rings is 1. The van der Waals surface area contributed by atoms with Gasteiger partial charge in [0, 0.05) is 11.1 Å². The minimum atomic E-state index is 0.430. The average molecular weight is 214 g/mol. The zero-order chi connectivity index (χ0) is 11.7. The van der Waals surface area contributed by atoms with Gasteiger partial charge in [0.15, 0.2) is 0 Å². The van der Waals surface area contributed by atoms with Crippen LogP contribution in [0.3, 0.4) is 0 Å². The summed E-state index contributed by atoms with van der Waals surface area (Å²) in [5.74, 6) is 0.827. The number of fused-ring (bicyclic) bond motifs is 1. The molecule has 82 valence electrons. The summed E-state index contributed by atoms with van der Waals surface area (Å²) in [5.41, 5.74) is 4.29. The lowest BCUT2D eigenvalue weighted by atomic mass is 10.0. The number of nitrogens with zero attached hydrogens (tertiary/aromatic N) is 1. The molecule has 0 spiro atoms. The molecule has 16 heavy (non-hydrogen) atoms. The summed E-state index contributed by atoms with van der Waals surface area (Å²) in [6.07, 6.45) is 0.430. The highest BCUT2D eigenvalue weighted by molar-refractivity contribution is 5.92. The fraction of sp³-hybridized carbons (Fsp3) is 0.308. The summed E-state index contributed by atoms with van der Waals surface area (Å²) in [6, 6.07) is 6.18. The van der Waals surface area contributed by atoms with Crippen LogP contribution in [-0.2, 0) is 6.42 Å². The van der Waals surface area contributed by atoms with Crippen molar-refractivity contribution in [1.82, 2.24) is 4.98 Å². The number of nitrogens with one attached hydrogen (secondary N) is 1. The highest BCUT2D eigenvalue weighted by Crippen LogP contribution is 2.32. The second kappa shape index (κ2) is 3.90. The van der Waals surface area contributed by atoms with E-state index in [0.717, 1.165) is 27.9 Å². The van der Waals surface area contributed by atoms with Crippen LogP contribution >= 0.6 is 0 Å². The van der Waals surface area contributed by atoms with Crippen molar-refractivity contribution in [1.29, 1.82) is 5.26 Å². The number of H-pyrrole nitrogens is 1. The Morgan fingerprint density at radius 3 is 2.75 bits per heavy atom. The Hall–Kier alpha value is -1.95. The molecule has 2 rings (SSSR count). The maximum Gasteiger partial charge on any atom is 0.142 e.